The van der Waals surface area contributed by atoms with Gasteiger partial charge in [0.1, 0.15) is 0 Å². The Morgan fingerprint density at radius 1 is 1.57 bits per heavy atom. The molecule has 0 fully saturated rings. The van der Waals surface area contributed by atoms with E-state index in [0.29, 0.717) is 10.3 Å². The molecule has 0 saturated heterocycles. The van der Waals surface area contributed by atoms with Crippen LogP contribution in [-0.4, -0.2) is 15.0 Å². The van der Waals surface area contributed by atoms with Crippen LogP contribution < -0.4 is 0 Å². The van der Waals surface area contributed by atoms with Gasteiger partial charge in [-0.25, -0.2) is 0 Å². The van der Waals surface area contributed by atoms with E-state index in [0.717, 1.165) is 4.43 Å². The smallest absolute Gasteiger partial charge is 0.0904 e. The van der Waals surface area contributed by atoms with Crippen molar-refractivity contribution >= 4 is 45.2 Å². The van der Waals surface area contributed by atoms with Gasteiger partial charge >= 0.3 is 0 Å². The van der Waals surface area contributed by atoms with E-state index in [1.165, 1.54) is 0 Å². The molecular weight excluding hydrogens is 321 g/mol. The number of halogens is 3. The van der Waals surface area contributed by atoms with E-state index in [9.17, 15) is 4.39 Å². The first-order valence-electron chi connectivity index (χ1n) is 2.07. The molecule has 0 aromatic heterocycles. The van der Waals surface area contributed by atoms with Gasteiger partial charge in [0.05, 0.1) is 6.67 Å². The maximum atomic E-state index is 11.4. The lowest BCUT2D eigenvalue weighted by Gasteiger charge is -1.97. The minimum absolute atomic E-state index is 0.170. The normalized spacial score (nSPS) is 14.1. The lowest BCUT2D eigenvalue weighted by molar-refractivity contribution is 0.478. The first kappa shape index (κ1) is 8.39. The molecule has 0 aliphatic rings. The predicted octanol–water partition coefficient (Wildman–Crippen LogP) is 2.58. The second-order valence-electron chi connectivity index (χ2n) is 1.23. The molecule has 0 radical (unpaired) electrons. The zero-order valence-electron chi connectivity index (χ0n) is 3.83. The largest absolute Gasteiger partial charge is 0.251 e. The third-order valence-electron chi connectivity index (χ3n) is 0.590. The van der Waals surface area contributed by atoms with Gasteiger partial charge in [-0.3, -0.25) is 4.39 Å². The van der Waals surface area contributed by atoms with Crippen LogP contribution in [0.5, 0.6) is 0 Å². The Kier molecular flexibility index (Phi) is 6.62. The summed E-state index contributed by atoms with van der Waals surface area (Å²) in [6.45, 7) is -0.170. The molecule has 0 aromatic rings. The summed E-state index contributed by atoms with van der Waals surface area (Å²) < 4.78 is 13.0. The van der Waals surface area contributed by atoms with E-state index >= 15 is 0 Å². The average Bonchev–Trinajstić information content (AvgIpc) is 1.68. The van der Waals surface area contributed by atoms with Gasteiger partial charge < -0.3 is 0 Å². The minimum atomic E-state index is -0.170. The molecule has 0 heterocycles. The van der Waals surface area contributed by atoms with Crippen molar-refractivity contribution in [2.45, 2.75) is 10.3 Å². The van der Waals surface area contributed by atoms with Gasteiger partial charge in [-0.1, -0.05) is 45.2 Å². The van der Waals surface area contributed by atoms with E-state index in [4.69, 9.17) is 0 Å². The molecule has 0 N–H and O–H groups in total. The van der Waals surface area contributed by atoms with Crippen LogP contribution in [0.3, 0.4) is 0 Å². The molecular formula is C4H7FI2. The maximum Gasteiger partial charge on any atom is 0.0904 e. The fourth-order valence-corrected chi connectivity index (χ4v) is 0.871. The molecule has 0 bridgehead atoms. The van der Waals surface area contributed by atoms with E-state index in [-0.39, 0.29) is 6.67 Å². The van der Waals surface area contributed by atoms with Crippen molar-refractivity contribution < 1.29 is 4.39 Å². The molecule has 7 heavy (non-hydrogen) atoms. The molecule has 1 atom stereocenters. The highest BCUT2D eigenvalue weighted by atomic mass is 127. The van der Waals surface area contributed by atoms with Crippen LogP contribution in [0.4, 0.5) is 4.39 Å². The van der Waals surface area contributed by atoms with Gasteiger partial charge in [-0.15, -0.1) is 0 Å². The fourth-order valence-electron chi connectivity index (χ4n) is 0.196. The number of alkyl halides is 3. The first-order chi connectivity index (χ1) is 3.31. The lowest BCUT2D eigenvalue weighted by Crippen LogP contribution is -1.98. The van der Waals surface area contributed by atoms with Crippen molar-refractivity contribution in [2.24, 2.45) is 0 Å². The Morgan fingerprint density at radius 3 is 2.29 bits per heavy atom. The summed E-state index contributed by atoms with van der Waals surface area (Å²) in [4.78, 5) is 0. The van der Waals surface area contributed by atoms with Crippen molar-refractivity contribution in [3.05, 3.63) is 0 Å². The Hall–Kier alpha value is 1.39. The van der Waals surface area contributed by atoms with Crippen LogP contribution in [0.2, 0.25) is 0 Å². The SMILES string of the molecule is FCCC(I)CI. The highest BCUT2D eigenvalue weighted by molar-refractivity contribution is 14.1. The zero-order chi connectivity index (χ0) is 5.70. The molecule has 44 valence electrons. The van der Waals surface area contributed by atoms with Crippen LogP contribution in [-0.2, 0) is 0 Å². The standard InChI is InChI=1S/C4H7FI2/c5-2-1-4(7)3-6/h4H,1-3H2. The molecule has 0 saturated carbocycles. The van der Waals surface area contributed by atoms with Crippen molar-refractivity contribution in [3.63, 3.8) is 0 Å². The summed E-state index contributed by atoms with van der Waals surface area (Å²) in [6, 6.07) is 0. The van der Waals surface area contributed by atoms with Gasteiger partial charge in [0.15, 0.2) is 0 Å². The number of rotatable bonds is 3. The summed E-state index contributed by atoms with van der Waals surface area (Å²) in [5.41, 5.74) is 0. The molecule has 0 amide bonds. The molecule has 0 aliphatic carbocycles. The highest BCUT2D eigenvalue weighted by Gasteiger charge is 1.97. The first-order valence-corrected chi connectivity index (χ1v) is 4.84. The molecule has 0 nitrogen and oxygen atoms in total. The quantitative estimate of drug-likeness (QED) is 0.552. The summed E-state index contributed by atoms with van der Waals surface area (Å²) in [5, 5.41) is 0. The van der Waals surface area contributed by atoms with Crippen LogP contribution in [0, 0.1) is 0 Å². The van der Waals surface area contributed by atoms with E-state index in [1.54, 1.807) is 0 Å². The third-order valence-corrected chi connectivity index (χ3v) is 4.40. The van der Waals surface area contributed by atoms with Crippen LogP contribution >= 0.6 is 45.2 Å². The monoisotopic (exact) mass is 328 g/mol. The van der Waals surface area contributed by atoms with Crippen molar-refractivity contribution in [2.75, 3.05) is 11.1 Å². The highest BCUT2D eigenvalue weighted by Crippen LogP contribution is 2.08. The van der Waals surface area contributed by atoms with Crippen molar-refractivity contribution in [1.82, 2.24) is 0 Å². The van der Waals surface area contributed by atoms with Crippen molar-refractivity contribution in [1.29, 1.82) is 0 Å². The van der Waals surface area contributed by atoms with Crippen LogP contribution in [0.1, 0.15) is 6.42 Å². The Morgan fingerprint density at radius 2 is 2.14 bits per heavy atom. The fraction of sp³-hybridized carbons (Fsp3) is 1.00. The molecule has 1 unspecified atom stereocenters. The predicted molar refractivity (Wildman–Crippen MR) is 47.3 cm³/mol. The van der Waals surface area contributed by atoms with Gasteiger partial charge in [0.2, 0.25) is 0 Å². The topological polar surface area (TPSA) is 0 Å². The molecule has 0 aromatic carbocycles. The molecule has 0 rings (SSSR count). The van der Waals surface area contributed by atoms with Crippen LogP contribution in [0.25, 0.3) is 0 Å². The number of hydrogen-bond acceptors (Lipinski definition) is 0. The summed E-state index contributed by atoms with van der Waals surface area (Å²) in [7, 11) is 0. The van der Waals surface area contributed by atoms with Gasteiger partial charge in [-0.05, 0) is 6.42 Å². The molecule has 3 heteroatoms. The summed E-state index contributed by atoms with van der Waals surface area (Å²) in [5.74, 6) is 0. The average molecular weight is 328 g/mol. The third kappa shape index (κ3) is 5.26. The van der Waals surface area contributed by atoms with Crippen molar-refractivity contribution in [3.8, 4) is 0 Å². The van der Waals surface area contributed by atoms with E-state index < -0.39 is 0 Å². The second-order valence-corrected chi connectivity index (χ2v) is 3.87. The molecule has 0 aliphatic heterocycles. The molecule has 0 spiro atoms. The van der Waals surface area contributed by atoms with Gasteiger partial charge in [0, 0.05) is 8.35 Å². The van der Waals surface area contributed by atoms with Gasteiger partial charge in [-0.2, -0.15) is 0 Å². The summed E-state index contributed by atoms with van der Waals surface area (Å²) >= 11 is 4.52. The van der Waals surface area contributed by atoms with E-state index in [2.05, 4.69) is 45.2 Å². The lowest BCUT2D eigenvalue weighted by atomic mass is 10.4. The Bertz CT molecular complexity index is 40.7. The maximum absolute atomic E-state index is 11.4. The Balaban J connectivity index is 2.83. The number of hydrogen-bond donors (Lipinski definition) is 0. The van der Waals surface area contributed by atoms with Gasteiger partial charge in [0.25, 0.3) is 0 Å². The Labute approximate surface area is 70.5 Å². The second kappa shape index (κ2) is 5.53. The zero-order valence-corrected chi connectivity index (χ0v) is 8.15. The summed E-state index contributed by atoms with van der Waals surface area (Å²) in [6.07, 6.45) is 0.712. The van der Waals surface area contributed by atoms with Crippen LogP contribution in [0.15, 0.2) is 0 Å². The minimum Gasteiger partial charge on any atom is -0.251 e. The van der Waals surface area contributed by atoms with E-state index in [1.807, 2.05) is 0 Å².